The van der Waals surface area contributed by atoms with E-state index in [1.54, 1.807) is 25.1 Å². The van der Waals surface area contributed by atoms with Gasteiger partial charge in [-0.1, -0.05) is 0 Å². The van der Waals surface area contributed by atoms with Crippen molar-refractivity contribution >= 4 is 17.6 Å². The zero-order chi connectivity index (χ0) is 14.6. The molecule has 2 atom stereocenters. The minimum absolute atomic E-state index is 0.320. The van der Waals surface area contributed by atoms with Gasteiger partial charge in [-0.15, -0.1) is 0 Å². The van der Waals surface area contributed by atoms with E-state index in [0.717, 1.165) is 0 Å². The van der Waals surface area contributed by atoms with Crippen molar-refractivity contribution in [2.24, 2.45) is 5.92 Å². The van der Waals surface area contributed by atoms with Crippen molar-refractivity contribution in [3.63, 3.8) is 0 Å². The molecule has 0 spiro atoms. The number of amides is 1. The maximum atomic E-state index is 12.0. The zero-order valence-corrected chi connectivity index (χ0v) is 11.1. The van der Waals surface area contributed by atoms with Crippen molar-refractivity contribution in [1.29, 1.82) is 0 Å². The van der Waals surface area contributed by atoms with E-state index in [9.17, 15) is 9.59 Å². The molecule has 0 aliphatic carbocycles. The lowest BCUT2D eigenvalue weighted by Gasteiger charge is -2.18. The summed E-state index contributed by atoms with van der Waals surface area (Å²) >= 11 is 0. The number of carboxylic acid groups (broad SMARTS) is 1. The predicted molar refractivity (Wildman–Crippen MR) is 71.1 cm³/mol. The number of methoxy groups -OCH3 is 1. The lowest BCUT2D eigenvalue weighted by Crippen LogP contribution is -2.40. The lowest BCUT2D eigenvalue weighted by atomic mass is 10.0. The molecule has 0 saturated heterocycles. The van der Waals surface area contributed by atoms with Gasteiger partial charge in [0.2, 0.25) is 0 Å². The SMILES string of the molecule is COc1cc(N)ccc1C(=O)NC(C)C(C)C(=O)O. The second kappa shape index (κ2) is 6.08. The predicted octanol–water partition coefficient (Wildman–Crippen LogP) is 1.12. The number of nitrogens with two attached hydrogens (primary N) is 1. The van der Waals surface area contributed by atoms with Gasteiger partial charge < -0.3 is 20.9 Å². The van der Waals surface area contributed by atoms with Crippen molar-refractivity contribution in [2.75, 3.05) is 12.8 Å². The summed E-state index contributed by atoms with van der Waals surface area (Å²) in [5.41, 5.74) is 6.41. The number of carbonyl (C=O) groups excluding carboxylic acids is 1. The maximum Gasteiger partial charge on any atom is 0.308 e. The number of nitrogens with one attached hydrogen (secondary N) is 1. The van der Waals surface area contributed by atoms with Gasteiger partial charge in [0.25, 0.3) is 5.91 Å². The summed E-state index contributed by atoms with van der Waals surface area (Å²) in [7, 11) is 1.44. The Hall–Kier alpha value is -2.24. The maximum absolute atomic E-state index is 12.0. The van der Waals surface area contributed by atoms with Gasteiger partial charge in [-0.25, -0.2) is 0 Å². The molecule has 1 amide bonds. The average molecular weight is 266 g/mol. The smallest absolute Gasteiger partial charge is 0.308 e. The van der Waals surface area contributed by atoms with Crippen molar-refractivity contribution in [3.05, 3.63) is 23.8 Å². The Balaban J connectivity index is 2.87. The minimum Gasteiger partial charge on any atom is -0.496 e. The normalized spacial score (nSPS) is 13.4. The van der Waals surface area contributed by atoms with E-state index in [4.69, 9.17) is 15.6 Å². The first-order chi connectivity index (χ1) is 8.86. The summed E-state index contributed by atoms with van der Waals surface area (Å²) in [5, 5.41) is 11.5. The van der Waals surface area contributed by atoms with Crippen LogP contribution in [-0.2, 0) is 4.79 Å². The zero-order valence-electron chi connectivity index (χ0n) is 11.1. The summed E-state index contributed by atoms with van der Waals surface area (Å²) in [6.07, 6.45) is 0. The van der Waals surface area contributed by atoms with Gasteiger partial charge in [-0.05, 0) is 26.0 Å². The molecule has 0 aliphatic heterocycles. The van der Waals surface area contributed by atoms with E-state index in [1.807, 2.05) is 0 Å². The van der Waals surface area contributed by atoms with E-state index in [2.05, 4.69) is 5.32 Å². The highest BCUT2D eigenvalue weighted by atomic mass is 16.5. The molecular formula is C13H18N2O4. The molecule has 0 aliphatic rings. The van der Waals surface area contributed by atoms with Crippen LogP contribution >= 0.6 is 0 Å². The first kappa shape index (κ1) is 14.8. The van der Waals surface area contributed by atoms with Crippen LogP contribution in [0.5, 0.6) is 5.75 Å². The number of hydrogen-bond donors (Lipinski definition) is 3. The quantitative estimate of drug-likeness (QED) is 0.693. The van der Waals surface area contributed by atoms with Crippen LogP contribution in [0, 0.1) is 5.92 Å². The Labute approximate surface area is 111 Å². The molecule has 0 radical (unpaired) electrons. The summed E-state index contributed by atoms with van der Waals surface area (Å²) in [5.74, 6) is -1.68. The molecule has 6 nitrogen and oxygen atoms in total. The molecule has 0 fully saturated rings. The first-order valence-corrected chi connectivity index (χ1v) is 5.84. The van der Waals surface area contributed by atoms with E-state index in [0.29, 0.717) is 17.0 Å². The molecule has 4 N–H and O–H groups in total. The van der Waals surface area contributed by atoms with Crippen LogP contribution in [-0.4, -0.2) is 30.1 Å². The number of hydrogen-bond acceptors (Lipinski definition) is 4. The fourth-order valence-electron chi connectivity index (χ4n) is 1.52. The van der Waals surface area contributed by atoms with Gasteiger partial charge in [0, 0.05) is 17.8 Å². The Morgan fingerprint density at radius 3 is 2.53 bits per heavy atom. The summed E-state index contributed by atoms with van der Waals surface area (Å²) in [4.78, 5) is 22.9. The highest BCUT2D eigenvalue weighted by Gasteiger charge is 2.22. The number of aliphatic carboxylic acids is 1. The molecule has 6 heteroatoms. The number of anilines is 1. The Bertz CT molecular complexity index is 488. The minimum atomic E-state index is -0.961. The van der Waals surface area contributed by atoms with Crippen molar-refractivity contribution in [2.45, 2.75) is 19.9 Å². The van der Waals surface area contributed by atoms with Crippen LogP contribution in [0.4, 0.5) is 5.69 Å². The largest absolute Gasteiger partial charge is 0.496 e. The Morgan fingerprint density at radius 2 is 2.00 bits per heavy atom. The van der Waals surface area contributed by atoms with Gasteiger partial charge in [0.05, 0.1) is 18.6 Å². The van der Waals surface area contributed by atoms with Gasteiger partial charge >= 0.3 is 5.97 Å². The van der Waals surface area contributed by atoms with Gasteiger partial charge in [0.15, 0.2) is 0 Å². The number of nitrogen functional groups attached to an aromatic ring is 1. The van der Waals surface area contributed by atoms with Gasteiger partial charge in [0.1, 0.15) is 5.75 Å². The van der Waals surface area contributed by atoms with Gasteiger partial charge in [-0.2, -0.15) is 0 Å². The molecule has 1 rings (SSSR count). The van der Waals surface area contributed by atoms with Crippen LogP contribution in [0.25, 0.3) is 0 Å². The standard InChI is InChI=1S/C13H18N2O4/c1-7(13(17)18)8(2)15-12(16)10-5-4-9(14)6-11(10)19-3/h4-8H,14H2,1-3H3,(H,15,16)(H,17,18). The fraction of sp³-hybridized carbons (Fsp3) is 0.385. The monoisotopic (exact) mass is 266 g/mol. The second-order valence-electron chi connectivity index (χ2n) is 4.35. The Morgan fingerprint density at radius 1 is 1.37 bits per heavy atom. The highest BCUT2D eigenvalue weighted by Crippen LogP contribution is 2.21. The summed E-state index contributed by atoms with van der Waals surface area (Å²) < 4.78 is 5.08. The van der Waals surface area contributed by atoms with Crippen LogP contribution in [0.2, 0.25) is 0 Å². The molecule has 0 aromatic heterocycles. The molecule has 0 heterocycles. The topological polar surface area (TPSA) is 102 Å². The molecule has 0 bridgehead atoms. The lowest BCUT2D eigenvalue weighted by molar-refractivity contribution is -0.141. The molecule has 1 aromatic rings. The third-order valence-electron chi connectivity index (χ3n) is 2.97. The Kier molecular flexibility index (Phi) is 4.74. The summed E-state index contributed by atoms with van der Waals surface area (Å²) in [6, 6.07) is 4.18. The number of carbonyl (C=O) groups is 2. The van der Waals surface area contributed by atoms with Crippen LogP contribution in [0.1, 0.15) is 24.2 Å². The second-order valence-corrected chi connectivity index (χ2v) is 4.35. The molecule has 1 aromatic carbocycles. The number of benzene rings is 1. The molecule has 104 valence electrons. The third kappa shape index (κ3) is 3.61. The molecule has 2 unspecified atom stereocenters. The highest BCUT2D eigenvalue weighted by molar-refractivity contribution is 5.97. The molecule has 19 heavy (non-hydrogen) atoms. The van der Waals surface area contributed by atoms with E-state index in [-0.39, 0.29) is 0 Å². The number of ether oxygens (including phenoxy) is 1. The summed E-state index contributed by atoms with van der Waals surface area (Å²) in [6.45, 7) is 3.17. The van der Waals surface area contributed by atoms with Crippen LogP contribution < -0.4 is 15.8 Å². The van der Waals surface area contributed by atoms with Crippen molar-refractivity contribution in [3.8, 4) is 5.75 Å². The van der Waals surface area contributed by atoms with Crippen LogP contribution in [0.15, 0.2) is 18.2 Å². The van der Waals surface area contributed by atoms with Crippen LogP contribution in [0.3, 0.4) is 0 Å². The van der Waals surface area contributed by atoms with Crippen molar-refractivity contribution < 1.29 is 19.4 Å². The van der Waals surface area contributed by atoms with E-state index >= 15 is 0 Å². The number of carboxylic acids is 1. The van der Waals surface area contributed by atoms with E-state index < -0.39 is 23.8 Å². The molecule has 0 saturated carbocycles. The van der Waals surface area contributed by atoms with E-state index in [1.165, 1.54) is 14.0 Å². The fourth-order valence-corrected chi connectivity index (χ4v) is 1.52. The molecular weight excluding hydrogens is 248 g/mol. The average Bonchev–Trinajstić information content (AvgIpc) is 2.36. The first-order valence-electron chi connectivity index (χ1n) is 5.84. The van der Waals surface area contributed by atoms with Crippen molar-refractivity contribution in [1.82, 2.24) is 5.32 Å². The third-order valence-corrected chi connectivity index (χ3v) is 2.97. The van der Waals surface area contributed by atoms with Gasteiger partial charge in [-0.3, -0.25) is 9.59 Å². The number of rotatable bonds is 5.